The van der Waals surface area contributed by atoms with Crippen LogP contribution in [0.5, 0.6) is 0 Å². The standard InChI is InChI=1S/C17H16N2/c1-13-15-9-5-6-10-16(15)19-17(18-13)12-11-14-7-3-2-4-8-14/h2-10H,11-12H2,1H3. The number of rotatable bonds is 3. The van der Waals surface area contributed by atoms with Crippen molar-refractivity contribution in [2.24, 2.45) is 0 Å². The Kier molecular flexibility index (Phi) is 3.23. The highest BCUT2D eigenvalue weighted by Crippen LogP contribution is 2.15. The van der Waals surface area contributed by atoms with Gasteiger partial charge in [0.1, 0.15) is 5.82 Å². The first-order valence-electron chi connectivity index (χ1n) is 6.59. The zero-order valence-corrected chi connectivity index (χ0v) is 11.0. The van der Waals surface area contributed by atoms with Gasteiger partial charge in [-0.25, -0.2) is 9.97 Å². The second kappa shape index (κ2) is 5.19. The third-order valence-electron chi connectivity index (χ3n) is 3.32. The van der Waals surface area contributed by atoms with Crippen molar-refractivity contribution in [3.05, 3.63) is 71.7 Å². The molecule has 0 aliphatic rings. The molecule has 1 heterocycles. The van der Waals surface area contributed by atoms with Gasteiger partial charge in [-0.2, -0.15) is 0 Å². The minimum Gasteiger partial charge on any atom is -0.238 e. The number of nitrogens with zero attached hydrogens (tertiary/aromatic N) is 2. The van der Waals surface area contributed by atoms with Gasteiger partial charge in [0.25, 0.3) is 0 Å². The predicted molar refractivity (Wildman–Crippen MR) is 78.1 cm³/mol. The highest BCUT2D eigenvalue weighted by molar-refractivity contribution is 5.80. The van der Waals surface area contributed by atoms with Crippen molar-refractivity contribution < 1.29 is 0 Å². The summed E-state index contributed by atoms with van der Waals surface area (Å²) < 4.78 is 0. The van der Waals surface area contributed by atoms with E-state index in [0.29, 0.717) is 0 Å². The number of aromatic nitrogens is 2. The van der Waals surface area contributed by atoms with Crippen LogP contribution in [-0.4, -0.2) is 9.97 Å². The predicted octanol–water partition coefficient (Wildman–Crippen LogP) is 3.72. The molecule has 1 aromatic heterocycles. The van der Waals surface area contributed by atoms with E-state index >= 15 is 0 Å². The Hall–Kier alpha value is -2.22. The molecule has 0 bridgehead atoms. The van der Waals surface area contributed by atoms with E-state index in [4.69, 9.17) is 0 Å². The van der Waals surface area contributed by atoms with E-state index in [9.17, 15) is 0 Å². The summed E-state index contributed by atoms with van der Waals surface area (Å²) in [7, 11) is 0. The lowest BCUT2D eigenvalue weighted by Crippen LogP contribution is -2.00. The van der Waals surface area contributed by atoms with Crippen LogP contribution in [0.4, 0.5) is 0 Å². The minimum atomic E-state index is 0.885. The van der Waals surface area contributed by atoms with Crippen LogP contribution in [0.25, 0.3) is 10.9 Å². The van der Waals surface area contributed by atoms with Crippen molar-refractivity contribution in [1.82, 2.24) is 9.97 Å². The van der Waals surface area contributed by atoms with Gasteiger partial charge in [0.05, 0.1) is 5.52 Å². The van der Waals surface area contributed by atoms with Crippen molar-refractivity contribution in [2.75, 3.05) is 0 Å². The van der Waals surface area contributed by atoms with Crippen LogP contribution in [0, 0.1) is 6.92 Å². The molecule has 2 nitrogen and oxygen atoms in total. The average molecular weight is 248 g/mol. The van der Waals surface area contributed by atoms with Gasteiger partial charge in [-0.1, -0.05) is 48.5 Å². The van der Waals surface area contributed by atoms with Gasteiger partial charge >= 0.3 is 0 Å². The molecule has 0 aliphatic heterocycles. The third kappa shape index (κ3) is 2.63. The van der Waals surface area contributed by atoms with Gasteiger partial charge in [0.2, 0.25) is 0 Å². The van der Waals surface area contributed by atoms with Crippen LogP contribution in [0.3, 0.4) is 0 Å². The van der Waals surface area contributed by atoms with Crippen molar-refractivity contribution in [1.29, 1.82) is 0 Å². The van der Waals surface area contributed by atoms with Crippen molar-refractivity contribution >= 4 is 10.9 Å². The maximum atomic E-state index is 4.64. The minimum absolute atomic E-state index is 0.885. The molecule has 19 heavy (non-hydrogen) atoms. The number of benzene rings is 2. The summed E-state index contributed by atoms with van der Waals surface area (Å²) in [6, 6.07) is 18.7. The fourth-order valence-electron chi connectivity index (χ4n) is 2.31. The Morgan fingerprint density at radius 2 is 1.53 bits per heavy atom. The lowest BCUT2D eigenvalue weighted by atomic mass is 10.1. The summed E-state index contributed by atoms with van der Waals surface area (Å²) in [5.74, 6) is 0.931. The van der Waals surface area contributed by atoms with Gasteiger partial charge in [0.15, 0.2) is 0 Å². The Labute approximate surface area is 113 Å². The maximum absolute atomic E-state index is 4.64. The molecule has 0 fully saturated rings. The van der Waals surface area contributed by atoms with Crippen LogP contribution in [0.1, 0.15) is 17.1 Å². The van der Waals surface area contributed by atoms with E-state index in [2.05, 4.69) is 53.3 Å². The Morgan fingerprint density at radius 3 is 2.37 bits per heavy atom. The topological polar surface area (TPSA) is 25.8 Å². The zero-order chi connectivity index (χ0) is 13.1. The van der Waals surface area contributed by atoms with E-state index in [-0.39, 0.29) is 0 Å². The van der Waals surface area contributed by atoms with E-state index in [1.54, 1.807) is 0 Å². The quantitative estimate of drug-likeness (QED) is 0.706. The summed E-state index contributed by atoms with van der Waals surface area (Å²) in [6.45, 7) is 2.05. The molecule has 0 aliphatic carbocycles. The van der Waals surface area contributed by atoms with Crippen LogP contribution in [-0.2, 0) is 12.8 Å². The Morgan fingerprint density at radius 1 is 0.789 bits per heavy atom. The molecular formula is C17H16N2. The van der Waals surface area contributed by atoms with Crippen molar-refractivity contribution in [2.45, 2.75) is 19.8 Å². The molecule has 0 saturated heterocycles. The fraction of sp³-hybridized carbons (Fsp3) is 0.176. The molecule has 0 N–H and O–H groups in total. The van der Waals surface area contributed by atoms with E-state index in [0.717, 1.165) is 35.3 Å². The second-order valence-corrected chi connectivity index (χ2v) is 4.73. The molecule has 3 aromatic rings. The maximum Gasteiger partial charge on any atom is 0.129 e. The molecule has 2 heteroatoms. The van der Waals surface area contributed by atoms with E-state index in [1.165, 1.54) is 5.56 Å². The highest BCUT2D eigenvalue weighted by atomic mass is 14.9. The molecule has 0 unspecified atom stereocenters. The summed E-state index contributed by atoms with van der Waals surface area (Å²) in [6.07, 6.45) is 1.87. The zero-order valence-electron chi connectivity index (χ0n) is 11.0. The van der Waals surface area contributed by atoms with Crippen LogP contribution >= 0.6 is 0 Å². The van der Waals surface area contributed by atoms with Gasteiger partial charge in [0, 0.05) is 17.5 Å². The van der Waals surface area contributed by atoms with Crippen LogP contribution in [0.2, 0.25) is 0 Å². The van der Waals surface area contributed by atoms with Gasteiger partial charge in [-0.15, -0.1) is 0 Å². The second-order valence-electron chi connectivity index (χ2n) is 4.73. The number of para-hydroxylation sites is 1. The molecule has 3 rings (SSSR count). The molecule has 94 valence electrons. The summed E-state index contributed by atoms with van der Waals surface area (Å²) in [5, 5.41) is 1.14. The number of hydrogen-bond donors (Lipinski definition) is 0. The summed E-state index contributed by atoms with van der Waals surface area (Å²) >= 11 is 0. The number of fused-ring (bicyclic) bond motifs is 1. The first-order valence-corrected chi connectivity index (χ1v) is 6.59. The number of hydrogen-bond acceptors (Lipinski definition) is 2. The smallest absolute Gasteiger partial charge is 0.129 e. The Bertz CT molecular complexity index is 690. The average Bonchev–Trinajstić information content (AvgIpc) is 2.46. The summed E-state index contributed by atoms with van der Waals surface area (Å²) in [5.41, 5.74) is 3.43. The molecule has 0 saturated carbocycles. The third-order valence-corrected chi connectivity index (χ3v) is 3.32. The molecule has 0 spiro atoms. The molecule has 2 aromatic carbocycles. The molecule has 0 amide bonds. The normalized spacial score (nSPS) is 10.8. The van der Waals surface area contributed by atoms with Gasteiger partial charge in [-0.05, 0) is 25.0 Å². The largest absolute Gasteiger partial charge is 0.238 e. The molecule has 0 radical (unpaired) electrons. The lowest BCUT2D eigenvalue weighted by molar-refractivity contribution is 0.860. The summed E-state index contributed by atoms with van der Waals surface area (Å²) in [4.78, 5) is 9.25. The lowest BCUT2D eigenvalue weighted by Gasteiger charge is -2.05. The Balaban J connectivity index is 1.85. The van der Waals surface area contributed by atoms with Crippen LogP contribution < -0.4 is 0 Å². The first-order chi connectivity index (χ1) is 9.33. The molecule has 0 atom stereocenters. The fourth-order valence-corrected chi connectivity index (χ4v) is 2.31. The SMILES string of the molecule is Cc1nc(CCc2ccccc2)nc2ccccc12. The first kappa shape index (κ1) is 11.8. The highest BCUT2D eigenvalue weighted by Gasteiger charge is 2.04. The van der Waals surface area contributed by atoms with Crippen molar-refractivity contribution in [3.63, 3.8) is 0 Å². The monoisotopic (exact) mass is 248 g/mol. The van der Waals surface area contributed by atoms with Crippen LogP contribution in [0.15, 0.2) is 54.6 Å². The number of aryl methyl sites for hydroxylation is 3. The van der Waals surface area contributed by atoms with E-state index < -0.39 is 0 Å². The van der Waals surface area contributed by atoms with Gasteiger partial charge < -0.3 is 0 Å². The van der Waals surface area contributed by atoms with Crippen molar-refractivity contribution in [3.8, 4) is 0 Å². The van der Waals surface area contributed by atoms with Gasteiger partial charge in [-0.3, -0.25) is 0 Å². The molecular weight excluding hydrogens is 232 g/mol. The van der Waals surface area contributed by atoms with E-state index in [1.807, 2.05) is 18.2 Å².